The maximum absolute atomic E-state index is 11.0. The summed E-state index contributed by atoms with van der Waals surface area (Å²) in [5, 5.41) is 9.07. The van der Waals surface area contributed by atoms with Gasteiger partial charge >= 0.3 is 5.97 Å². The molecule has 4 heteroatoms. The van der Waals surface area contributed by atoms with E-state index in [0.717, 1.165) is 30.1 Å². The number of aliphatic carboxylic acids is 1. The highest BCUT2D eigenvalue weighted by Gasteiger charge is 2.19. The second-order valence-electron chi connectivity index (χ2n) is 5.04. The van der Waals surface area contributed by atoms with E-state index in [4.69, 9.17) is 9.84 Å². The van der Waals surface area contributed by atoms with Gasteiger partial charge in [-0.1, -0.05) is 6.07 Å². The van der Waals surface area contributed by atoms with Gasteiger partial charge in [-0.15, -0.1) is 0 Å². The molecule has 1 fully saturated rings. The quantitative estimate of drug-likeness (QED) is 0.907. The molecule has 0 radical (unpaired) electrons. The van der Waals surface area contributed by atoms with Crippen molar-refractivity contribution in [2.75, 3.05) is 25.1 Å². The topological polar surface area (TPSA) is 49.8 Å². The van der Waals surface area contributed by atoms with Gasteiger partial charge in [-0.3, -0.25) is 4.79 Å². The number of hydrogen-bond acceptors (Lipinski definition) is 3. The molecule has 1 aliphatic heterocycles. The highest BCUT2D eigenvalue weighted by Crippen LogP contribution is 2.33. The zero-order valence-electron chi connectivity index (χ0n) is 11.6. The van der Waals surface area contributed by atoms with Gasteiger partial charge in [0.15, 0.2) is 0 Å². The number of nitrogens with zero attached hydrogens (tertiary/aromatic N) is 1. The molecule has 19 heavy (non-hydrogen) atoms. The molecule has 1 unspecified atom stereocenters. The van der Waals surface area contributed by atoms with Crippen LogP contribution in [0.5, 0.6) is 5.75 Å². The third-order valence-electron chi connectivity index (χ3n) is 3.77. The van der Waals surface area contributed by atoms with Crippen molar-refractivity contribution in [2.24, 2.45) is 0 Å². The van der Waals surface area contributed by atoms with Crippen LogP contribution in [-0.4, -0.2) is 31.3 Å². The second-order valence-corrected chi connectivity index (χ2v) is 5.04. The van der Waals surface area contributed by atoms with E-state index in [0.29, 0.717) is 0 Å². The maximum Gasteiger partial charge on any atom is 0.310 e. The molecule has 1 aromatic carbocycles. The molecule has 1 atom stereocenters. The highest BCUT2D eigenvalue weighted by atomic mass is 16.5. The Morgan fingerprint density at radius 1 is 1.32 bits per heavy atom. The van der Waals surface area contributed by atoms with Crippen molar-refractivity contribution >= 4 is 11.7 Å². The van der Waals surface area contributed by atoms with Crippen LogP contribution < -0.4 is 9.64 Å². The Hall–Kier alpha value is -1.71. The molecule has 1 N–H and O–H groups in total. The van der Waals surface area contributed by atoms with Crippen LogP contribution in [0.4, 0.5) is 5.69 Å². The summed E-state index contributed by atoms with van der Waals surface area (Å²) in [6.45, 7) is 3.78. The number of anilines is 1. The Morgan fingerprint density at radius 2 is 2.00 bits per heavy atom. The van der Waals surface area contributed by atoms with Crippen molar-refractivity contribution in [1.29, 1.82) is 0 Å². The molecule has 0 aliphatic carbocycles. The third kappa shape index (κ3) is 3.00. The van der Waals surface area contributed by atoms with Crippen molar-refractivity contribution in [3.05, 3.63) is 23.8 Å². The van der Waals surface area contributed by atoms with Gasteiger partial charge in [0, 0.05) is 13.1 Å². The number of carbonyl (C=O) groups is 1. The third-order valence-corrected chi connectivity index (χ3v) is 3.77. The minimum Gasteiger partial charge on any atom is -0.495 e. The SMILES string of the molecule is COc1cc(C(C)C(=O)O)ccc1N1CCCCC1. The van der Waals surface area contributed by atoms with Gasteiger partial charge in [0.2, 0.25) is 0 Å². The fraction of sp³-hybridized carbons (Fsp3) is 0.533. The average Bonchev–Trinajstić information content (AvgIpc) is 2.46. The minimum absolute atomic E-state index is 0.510. The smallest absolute Gasteiger partial charge is 0.310 e. The molecule has 1 aromatic rings. The number of ether oxygens (including phenoxy) is 1. The second kappa shape index (κ2) is 5.95. The summed E-state index contributed by atoms with van der Waals surface area (Å²) in [5.41, 5.74) is 1.86. The van der Waals surface area contributed by atoms with Gasteiger partial charge in [-0.2, -0.15) is 0 Å². The first kappa shape index (κ1) is 13.7. The number of hydrogen-bond donors (Lipinski definition) is 1. The summed E-state index contributed by atoms with van der Waals surface area (Å²) in [5.74, 6) is -0.551. The van der Waals surface area contributed by atoms with E-state index in [9.17, 15) is 4.79 Å². The predicted molar refractivity (Wildman–Crippen MR) is 75.1 cm³/mol. The summed E-state index contributed by atoms with van der Waals surface area (Å²) < 4.78 is 5.43. The summed E-state index contributed by atoms with van der Waals surface area (Å²) in [7, 11) is 1.64. The number of piperidine rings is 1. The van der Waals surface area contributed by atoms with Crippen LogP contribution in [0.3, 0.4) is 0 Å². The molecule has 4 nitrogen and oxygen atoms in total. The van der Waals surface area contributed by atoms with E-state index in [-0.39, 0.29) is 0 Å². The molecular formula is C15H21NO3. The molecule has 0 saturated carbocycles. The van der Waals surface area contributed by atoms with Crippen LogP contribution in [0, 0.1) is 0 Å². The fourth-order valence-electron chi connectivity index (χ4n) is 2.50. The van der Waals surface area contributed by atoms with E-state index >= 15 is 0 Å². The number of rotatable bonds is 4. The number of carboxylic acids is 1. The first-order chi connectivity index (χ1) is 9.13. The Kier molecular flexibility index (Phi) is 4.30. The van der Waals surface area contributed by atoms with Gasteiger partial charge in [-0.25, -0.2) is 0 Å². The van der Waals surface area contributed by atoms with Crippen molar-refractivity contribution in [2.45, 2.75) is 32.1 Å². The van der Waals surface area contributed by atoms with Gasteiger partial charge in [0.1, 0.15) is 5.75 Å². The standard InChI is InChI=1S/C15H21NO3/c1-11(15(17)18)12-6-7-13(14(10-12)19-2)16-8-4-3-5-9-16/h6-7,10-11H,3-5,8-9H2,1-2H3,(H,17,18). The van der Waals surface area contributed by atoms with E-state index < -0.39 is 11.9 Å². The Morgan fingerprint density at radius 3 is 2.58 bits per heavy atom. The van der Waals surface area contributed by atoms with E-state index in [2.05, 4.69) is 4.90 Å². The molecule has 0 spiro atoms. The van der Waals surface area contributed by atoms with Crippen molar-refractivity contribution in [1.82, 2.24) is 0 Å². The van der Waals surface area contributed by atoms with Crippen LogP contribution in [-0.2, 0) is 4.79 Å². The molecule has 0 bridgehead atoms. The Labute approximate surface area is 114 Å². The van der Waals surface area contributed by atoms with Crippen molar-refractivity contribution in [3.63, 3.8) is 0 Å². The highest BCUT2D eigenvalue weighted by molar-refractivity contribution is 5.76. The van der Waals surface area contributed by atoms with E-state index in [1.807, 2.05) is 18.2 Å². The molecule has 104 valence electrons. The number of carboxylic acid groups (broad SMARTS) is 1. The van der Waals surface area contributed by atoms with E-state index in [1.165, 1.54) is 19.3 Å². The first-order valence-corrected chi connectivity index (χ1v) is 6.79. The van der Waals surface area contributed by atoms with Crippen LogP contribution >= 0.6 is 0 Å². The lowest BCUT2D eigenvalue weighted by Gasteiger charge is -2.30. The fourth-order valence-corrected chi connectivity index (χ4v) is 2.50. The Bertz CT molecular complexity index is 453. The van der Waals surface area contributed by atoms with Gasteiger partial charge in [-0.05, 0) is 43.9 Å². The normalized spacial score (nSPS) is 17.1. The van der Waals surface area contributed by atoms with Gasteiger partial charge in [0.25, 0.3) is 0 Å². The predicted octanol–water partition coefficient (Wildman–Crippen LogP) is 2.87. The first-order valence-electron chi connectivity index (χ1n) is 6.79. The summed E-state index contributed by atoms with van der Waals surface area (Å²) in [4.78, 5) is 13.4. The van der Waals surface area contributed by atoms with Gasteiger partial charge in [0.05, 0.1) is 18.7 Å². The van der Waals surface area contributed by atoms with Crippen LogP contribution in [0.25, 0.3) is 0 Å². The largest absolute Gasteiger partial charge is 0.495 e. The van der Waals surface area contributed by atoms with E-state index in [1.54, 1.807) is 14.0 Å². The van der Waals surface area contributed by atoms with Crippen LogP contribution in [0.1, 0.15) is 37.7 Å². The summed E-state index contributed by atoms with van der Waals surface area (Å²) >= 11 is 0. The minimum atomic E-state index is -0.812. The number of methoxy groups -OCH3 is 1. The summed E-state index contributed by atoms with van der Waals surface area (Å²) in [6.07, 6.45) is 3.69. The zero-order chi connectivity index (χ0) is 13.8. The zero-order valence-corrected chi connectivity index (χ0v) is 11.6. The lowest BCUT2D eigenvalue weighted by molar-refractivity contribution is -0.138. The lowest BCUT2D eigenvalue weighted by atomic mass is 10.00. The maximum atomic E-state index is 11.0. The van der Waals surface area contributed by atoms with Gasteiger partial charge < -0.3 is 14.7 Å². The molecule has 0 aromatic heterocycles. The monoisotopic (exact) mass is 263 g/mol. The lowest BCUT2D eigenvalue weighted by Crippen LogP contribution is -2.29. The number of benzene rings is 1. The van der Waals surface area contributed by atoms with Crippen LogP contribution in [0.2, 0.25) is 0 Å². The van der Waals surface area contributed by atoms with Crippen LogP contribution in [0.15, 0.2) is 18.2 Å². The summed E-state index contributed by atoms with van der Waals surface area (Å²) in [6, 6.07) is 5.73. The van der Waals surface area contributed by atoms with Crippen molar-refractivity contribution < 1.29 is 14.6 Å². The molecule has 1 saturated heterocycles. The van der Waals surface area contributed by atoms with Crippen molar-refractivity contribution in [3.8, 4) is 5.75 Å². The molecule has 0 amide bonds. The molecular weight excluding hydrogens is 242 g/mol. The Balaban J connectivity index is 2.27. The average molecular weight is 263 g/mol. The molecule has 1 heterocycles. The molecule has 2 rings (SSSR count). The molecule has 1 aliphatic rings.